The number of rotatable bonds is 6. The molecule has 1 aromatic carbocycles. The average molecular weight is 479 g/mol. The lowest BCUT2D eigenvalue weighted by Crippen LogP contribution is -2.55. The number of nitrogens with zero attached hydrogens (tertiary/aromatic N) is 3. The summed E-state index contributed by atoms with van der Waals surface area (Å²) in [6, 6.07) is 9.46. The fourth-order valence-electron chi connectivity index (χ4n) is 8.00. The zero-order valence-corrected chi connectivity index (χ0v) is 21.5. The van der Waals surface area contributed by atoms with Crippen molar-refractivity contribution in [1.29, 1.82) is 0 Å². The topological polar surface area (TPSA) is 55.9 Å². The quantitative estimate of drug-likeness (QED) is 0.661. The Balaban J connectivity index is 1.00. The molecule has 4 bridgehead atoms. The van der Waals surface area contributed by atoms with Crippen LogP contribution in [0.25, 0.3) is 0 Å². The Kier molecular flexibility index (Phi) is 6.28. The molecular formula is C29H42N4O2. The summed E-state index contributed by atoms with van der Waals surface area (Å²) in [5.41, 5.74) is 1.79. The minimum Gasteiger partial charge on any atom is -0.349 e. The number of piperidine rings is 1. The number of urea groups is 1. The first-order chi connectivity index (χ1) is 16.9. The number of hydrogen-bond donors (Lipinski definition) is 1. The summed E-state index contributed by atoms with van der Waals surface area (Å²) in [5.74, 6) is 3.27. The first-order valence-corrected chi connectivity index (χ1v) is 14.1. The van der Waals surface area contributed by atoms with E-state index in [1.165, 1.54) is 44.9 Å². The van der Waals surface area contributed by atoms with Crippen molar-refractivity contribution in [1.82, 2.24) is 20.0 Å². The van der Waals surface area contributed by atoms with Gasteiger partial charge in [-0.15, -0.1) is 0 Å². The normalized spacial score (nSPS) is 32.5. The van der Waals surface area contributed by atoms with Crippen molar-refractivity contribution < 1.29 is 9.59 Å². The third-order valence-corrected chi connectivity index (χ3v) is 9.90. The number of carbonyl (C=O) groups excluding carboxylic acids is 2. The van der Waals surface area contributed by atoms with Gasteiger partial charge in [0.15, 0.2) is 0 Å². The minimum atomic E-state index is 0.0655. The predicted molar refractivity (Wildman–Crippen MR) is 137 cm³/mol. The van der Waals surface area contributed by atoms with Crippen molar-refractivity contribution in [3.05, 3.63) is 35.4 Å². The van der Waals surface area contributed by atoms with Gasteiger partial charge in [-0.2, -0.15) is 0 Å². The smallest absolute Gasteiger partial charge is 0.320 e. The van der Waals surface area contributed by atoms with Gasteiger partial charge in [0.05, 0.1) is 0 Å². The molecule has 0 spiro atoms. The van der Waals surface area contributed by atoms with Gasteiger partial charge in [-0.1, -0.05) is 12.1 Å². The standard InChI is InChI=1S/C29H42N4O2/c1-31(29(35)32(2)25-9-11-33(12-10-25)26-7-8-26)18-19-3-5-22(6-4-19)28(34)30-27-23-14-20-13-21(16-23)17-24(27)15-20/h3-6,20-21,23-27H,7-18H2,1-2H3,(H,30,34). The Morgan fingerprint density at radius 2 is 1.49 bits per heavy atom. The average Bonchev–Trinajstić information content (AvgIpc) is 3.71. The molecule has 6 heteroatoms. The van der Waals surface area contributed by atoms with Gasteiger partial charge in [0.1, 0.15) is 0 Å². The Morgan fingerprint density at radius 3 is 2.06 bits per heavy atom. The Bertz CT molecular complexity index is 907. The van der Waals surface area contributed by atoms with Crippen LogP contribution in [0.2, 0.25) is 0 Å². The van der Waals surface area contributed by atoms with E-state index in [-0.39, 0.29) is 11.9 Å². The van der Waals surface area contributed by atoms with Crippen LogP contribution in [0.5, 0.6) is 0 Å². The Hall–Kier alpha value is -2.08. The summed E-state index contributed by atoms with van der Waals surface area (Å²) in [5, 5.41) is 3.41. The number of likely N-dealkylation sites (tertiary alicyclic amines) is 1. The van der Waals surface area contributed by atoms with E-state index in [0.717, 1.165) is 54.9 Å². The van der Waals surface area contributed by atoms with Gasteiger partial charge in [0, 0.05) is 57.4 Å². The monoisotopic (exact) mass is 478 g/mol. The Labute approximate surface area is 210 Å². The van der Waals surface area contributed by atoms with Crippen molar-refractivity contribution in [2.75, 3.05) is 27.2 Å². The molecule has 5 saturated carbocycles. The fourth-order valence-corrected chi connectivity index (χ4v) is 8.00. The number of carbonyl (C=O) groups is 2. The van der Waals surface area contributed by atoms with E-state index >= 15 is 0 Å². The van der Waals surface area contributed by atoms with Crippen molar-refractivity contribution in [2.45, 2.75) is 82.5 Å². The maximum atomic E-state index is 13.1. The van der Waals surface area contributed by atoms with E-state index in [4.69, 9.17) is 0 Å². The van der Waals surface area contributed by atoms with Crippen LogP contribution in [0.1, 0.15) is 73.7 Å². The summed E-state index contributed by atoms with van der Waals surface area (Å²) in [4.78, 5) is 32.4. The molecule has 1 aromatic rings. The largest absolute Gasteiger partial charge is 0.349 e. The zero-order valence-electron chi connectivity index (χ0n) is 21.5. The van der Waals surface area contributed by atoms with Crippen LogP contribution in [0.3, 0.4) is 0 Å². The second-order valence-corrected chi connectivity index (χ2v) is 12.4. The van der Waals surface area contributed by atoms with Gasteiger partial charge < -0.3 is 20.0 Å². The van der Waals surface area contributed by atoms with E-state index in [1.807, 2.05) is 43.3 Å². The maximum Gasteiger partial charge on any atom is 0.320 e. The van der Waals surface area contributed by atoms with Crippen molar-refractivity contribution in [3.63, 3.8) is 0 Å². The lowest BCUT2D eigenvalue weighted by Gasteiger charge is -2.54. The molecule has 0 unspecified atom stereocenters. The molecule has 1 saturated heterocycles. The number of amides is 3. The molecule has 35 heavy (non-hydrogen) atoms. The first kappa shape index (κ1) is 23.3. The number of hydrogen-bond acceptors (Lipinski definition) is 3. The molecule has 5 aliphatic carbocycles. The van der Waals surface area contributed by atoms with E-state index < -0.39 is 0 Å². The van der Waals surface area contributed by atoms with Crippen LogP contribution in [-0.4, -0.2) is 71.9 Å². The number of nitrogens with one attached hydrogen (secondary N) is 1. The molecule has 0 radical (unpaired) electrons. The molecular weight excluding hydrogens is 436 g/mol. The molecule has 0 aromatic heterocycles. The van der Waals surface area contributed by atoms with Crippen molar-refractivity contribution >= 4 is 11.9 Å². The van der Waals surface area contributed by atoms with E-state index in [2.05, 4.69) is 10.2 Å². The highest BCUT2D eigenvalue weighted by molar-refractivity contribution is 5.94. The van der Waals surface area contributed by atoms with Gasteiger partial charge in [-0.05, 0) is 99.2 Å². The van der Waals surface area contributed by atoms with Crippen LogP contribution in [0, 0.1) is 23.7 Å². The van der Waals surface area contributed by atoms with E-state index in [1.54, 1.807) is 4.90 Å². The SMILES string of the molecule is CN(Cc1ccc(C(=O)NC2C3CC4CC(C3)CC2C4)cc1)C(=O)N(C)C1CCN(C2CC2)CC1. The summed E-state index contributed by atoms with van der Waals surface area (Å²) in [6.07, 6.45) is 11.5. The highest BCUT2D eigenvalue weighted by Crippen LogP contribution is 2.53. The third kappa shape index (κ3) is 4.83. The zero-order chi connectivity index (χ0) is 24.1. The molecule has 3 amide bonds. The molecule has 190 valence electrons. The molecule has 6 nitrogen and oxygen atoms in total. The second kappa shape index (κ2) is 9.42. The molecule has 1 heterocycles. The van der Waals surface area contributed by atoms with Crippen LogP contribution in [-0.2, 0) is 6.54 Å². The summed E-state index contributed by atoms with van der Waals surface area (Å²) >= 11 is 0. The van der Waals surface area contributed by atoms with Gasteiger partial charge in [-0.25, -0.2) is 4.79 Å². The lowest BCUT2D eigenvalue weighted by atomic mass is 9.54. The molecule has 0 atom stereocenters. The predicted octanol–water partition coefficient (Wildman–Crippen LogP) is 4.35. The van der Waals surface area contributed by atoms with Crippen LogP contribution < -0.4 is 5.32 Å². The first-order valence-electron chi connectivity index (χ1n) is 14.1. The molecule has 6 aliphatic rings. The molecule has 7 rings (SSSR count). The number of benzene rings is 1. The van der Waals surface area contributed by atoms with Gasteiger partial charge >= 0.3 is 6.03 Å². The Morgan fingerprint density at radius 1 is 0.886 bits per heavy atom. The van der Waals surface area contributed by atoms with Crippen LogP contribution in [0.4, 0.5) is 4.79 Å². The highest BCUT2D eigenvalue weighted by Gasteiger charge is 2.48. The second-order valence-electron chi connectivity index (χ2n) is 12.4. The van der Waals surface area contributed by atoms with E-state index in [0.29, 0.717) is 30.5 Å². The summed E-state index contributed by atoms with van der Waals surface area (Å²) in [7, 11) is 3.83. The molecule has 6 fully saturated rings. The van der Waals surface area contributed by atoms with Crippen LogP contribution in [0.15, 0.2) is 24.3 Å². The molecule has 1 N–H and O–H groups in total. The summed E-state index contributed by atoms with van der Waals surface area (Å²) < 4.78 is 0. The van der Waals surface area contributed by atoms with Crippen LogP contribution >= 0.6 is 0 Å². The van der Waals surface area contributed by atoms with E-state index in [9.17, 15) is 9.59 Å². The third-order valence-electron chi connectivity index (χ3n) is 9.90. The fraction of sp³-hybridized carbons (Fsp3) is 0.724. The minimum absolute atomic E-state index is 0.0655. The van der Waals surface area contributed by atoms with Gasteiger partial charge in [-0.3, -0.25) is 4.79 Å². The van der Waals surface area contributed by atoms with Gasteiger partial charge in [0.2, 0.25) is 0 Å². The maximum absolute atomic E-state index is 13.1. The summed E-state index contributed by atoms with van der Waals surface area (Å²) in [6.45, 7) is 2.79. The van der Waals surface area contributed by atoms with Crippen molar-refractivity contribution in [2.24, 2.45) is 23.7 Å². The lowest BCUT2D eigenvalue weighted by molar-refractivity contribution is -0.0119. The highest BCUT2D eigenvalue weighted by atomic mass is 16.2. The van der Waals surface area contributed by atoms with Gasteiger partial charge in [0.25, 0.3) is 5.91 Å². The van der Waals surface area contributed by atoms with Crippen molar-refractivity contribution in [3.8, 4) is 0 Å². The molecule has 1 aliphatic heterocycles.